The fourth-order valence-corrected chi connectivity index (χ4v) is 2.37. The van der Waals surface area contributed by atoms with Gasteiger partial charge in [0.15, 0.2) is 6.10 Å². The lowest BCUT2D eigenvalue weighted by molar-refractivity contribution is -0.154. The first-order valence-corrected chi connectivity index (χ1v) is 9.00. The van der Waals surface area contributed by atoms with Crippen molar-refractivity contribution < 1.29 is 14.6 Å². The second kappa shape index (κ2) is 9.27. The Morgan fingerprint density at radius 2 is 1.92 bits per heavy atom. The van der Waals surface area contributed by atoms with E-state index in [1.807, 2.05) is 51.1 Å². The summed E-state index contributed by atoms with van der Waals surface area (Å²) in [5.74, 6) is 12.2. The number of hydrogen-bond donors (Lipinski definition) is 1. The van der Waals surface area contributed by atoms with Crippen LogP contribution >= 0.6 is 0 Å². The van der Waals surface area contributed by atoms with Gasteiger partial charge < -0.3 is 9.84 Å². The molecule has 136 valence electrons. The van der Waals surface area contributed by atoms with Gasteiger partial charge in [-0.15, -0.1) is 0 Å². The lowest BCUT2D eigenvalue weighted by atomic mass is 9.96. The molecule has 0 amide bonds. The van der Waals surface area contributed by atoms with E-state index < -0.39 is 11.5 Å². The Morgan fingerprint density at radius 1 is 1.23 bits per heavy atom. The van der Waals surface area contributed by atoms with Crippen LogP contribution in [0.2, 0.25) is 0 Å². The molecule has 0 spiro atoms. The Labute approximate surface area is 156 Å². The lowest BCUT2D eigenvalue weighted by Crippen LogP contribution is -2.28. The Balaban J connectivity index is 2.45. The van der Waals surface area contributed by atoms with Crippen molar-refractivity contribution in [2.45, 2.75) is 59.2 Å². The van der Waals surface area contributed by atoms with E-state index in [0.29, 0.717) is 5.57 Å². The summed E-state index contributed by atoms with van der Waals surface area (Å²) in [5, 5.41) is 9.57. The molecule has 1 aromatic rings. The van der Waals surface area contributed by atoms with Crippen molar-refractivity contribution >= 4 is 12.0 Å². The third-order valence-corrected chi connectivity index (χ3v) is 3.98. The predicted molar refractivity (Wildman–Crippen MR) is 104 cm³/mol. The van der Waals surface area contributed by atoms with Crippen molar-refractivity contribution in [2.24, 2.45) is 5.41 Å². The molecule has 0 saturated heterocycles. The normalized spacial score (nSPS) is 18.9. The minimum atomic E-state index is -0.695. The first kappa shape index (κ1) is 19.8. The van der Waals surface area contributed by atoms with Gasteiger partial charge in [-0.1, -0.05) is 47.9 Å². The molecule has 0 bridgehead atoms. The molecule has 0 fully saturated rings. The standard InChI is InChI=1S/C23H26O3/c1-23(2,3)22(25)26-21-15-9-7-5-4-6-8-13-19(21)16-18-12-10-11-14-20(18)17-24/h10-12,14,16,21,24H,4-7,17H2,1-3H3. The molecule has 1 aromatic carbocycles. The van der Waals surface area contributed by atoms with Gasteiger partial charge in [-0.05, 0) is 50.8 Å². The number of hydrogen-bond acceptors (Lipinski definition) is 3. The SMILES string of the molecule is CC(C)(C)C(=O)OC1C#CCCCCC#CC1=Cc1ccccc1CO. The topological polar surface area (TPSA) is 46.5 Å². The molecule has 0 radical (unpaired) electrons. The van der Waals surface area contributed by atoms with Gasteiger partial charge in [-0.2, -0.15) is 0 Å². The van der Waals surface area contributed by atoms with Crippen LogP contribution in [0.25, 0.3) is 6.08 Å². The van der Waals surface area contributed by atoms with Crippen LogP contribution < -0.4 is 0 Å². The molecule has 1 aliphatic rings. The smallest absolute Gasteiger partial charge is 0.312 e. The average molecular weight is 350 g/mol. The Kier molecular flexibility index (Phi) is 7.07. The summed E-state index contributed by atoms with van der Waals surface area (Å²) in [5.41, 5.74) is 1.69. The zero-order valence-corrected chi connectivity index (χ0v) is 15.8. The third kappa shape index (κ3) is 5.80. The van der Waals surface area contributed by atoms with Gasteiger partial charge in [0.1, 0.15) is 0 Å². The van der Waals surface area contributed by atoms with E-state index in [1.54, 1.807) is 0 Å². The lowest BCUT2D eigenvalue weighted by Gasteiger charge is -2.21. The van der Waals surface area contributed by atoms with E-state index in [4.69, 9.17) is 4.74 Å². The fourth-order valence-electron chi connectivity index (χ4n) is 2.37. The number of carbonyl (C=O) groups excluding carboxylic acids is 1. The van der Waals surface area contributed by atoms with E-state index >= 15 is 0 Å². The number of carbonyl (C=O) groups is 1. The molecule has 3 nitrogen and oxygen atoms in total. The average Bonchev–Trinajstić information content (AvgIpc) is 2.61. The number of ether oxygens (including phenoxy) is 1. The molecule has 1 atom stereocenters. The molecular weight excluding hydrogens is 324 g/mol. The second-order valence-corrected chi connectivity index (χ2v) is 7.32. The van der Waals surface area contributed by atoms with Crippen molar-refractivity contribution in [3.8, 4) is 23.7 Å². The highest BCUT2D eigenvalue weighted by Crippen LogP contribution is 2.21. The summed E-state index contributed by atoms with van der Waals surface area (Å²) in [6.07, 6.45) is 4.74. The second-order valence-electron chi connectivity index (χ2n) is 7.32. The highest BCUT2D eigenvalue weighted by atomic mass is 16.5. The molecule has 2 rings (SSSR count). The summed E-state index contributed by atoms with van der Waals surface area (Å²) >= 11 is 0. The van der Waals surface area contributed by atoms with Gasteiger partial charge in [0.05, 0.1) is 17.6 Å². The highest BCUT2D eigenvalue weighted by molar-refractivity contribution is 5.77. The number of aliphatic hydroxyl groups is 1. The summed E-state index contributed by atoms with van der Waals surface area (Å²) in [7, 11) is 0. The van der Waals surface area contributed by atoms with Crippen molar-refractivity contribution in [3.63, 3.8) is 0 Å². The maximum atomic E-state index is 12.4. The molecule has 26 heavy (non-hydrogen) atoms. The highest BCUT2D eigenvalue weighted by Gasteiger charge is 2.27. The summed E-state index contributed by atoms with van der Waals surface area (Å²) < 4.78 is 5.70. The molecule has 0 aromatic heterocycles. The number of rotatable bonds is 3. The molecule has 0 saturated carbocycles. The Bertz CT molecular complexity index is 788. The molecule has 3 heteroatoms. The zero-order chi connectivity index (χ0) is 19.0. The quantitative estimate of drug-likeness (QED) is 0.659. The van der Waals surface area contributed by atoms with Gasteiger partial charge in [-0.25, -0.2) is 0 Å². The van der Waals surface area contributed by atoms with Crippen LogP contribution in [0, 0.1) is 29.1 Å². The minimum absolute atomic E-state index is 0.0640. The van der Waals surface area contributed by atoms with Crippen molar-refractivity contribution in [1.29, 1.82) is 0 Å². The van der Waals surface area contributed by atoms with Crippen LogP contribution in [0.5, 0.6) is 0 Å². The minimum Gasteiger partial charge on any atom is -0.443 e. The maximum Gasteiger partial charge on any atom is 0.312 e. The first-order chi connectivity index (χ1) is 12.4. The van der Waals surface area contributed by atoms with Gasteiger partial charge in [-0.3, -0.25) is 4.79 Å². The van der Waals surface area contributed by atoms with E-state index in [2.05, 4.69) is 23.7 Å². The van der Waals surface area contributed by atoms with E-state index in [0.717, 1.165) is 36.8 Å². The molecule has 0 aliphatic heterocycles. The van der Waals surface area contributed by atoms with E-state index in [-0.39, 0.29) is 12.6 Å². The number of aliphatic hydroxyl groups excluding tert-OH is 1. The first-order valence-electron chi connectivity index (χ1n) is 9.00. The molecule has 1 aliphatic carbocycles. The summed E-state index contributed by atoms with van der Waals surface area (Å²) in [6.45, 7) is 5.39. The van der Waals surface area contributed by atoms with Crippen LogP contribution in [-0.4, -0.2) is 17.2 Å². The predicted octanol–water partition coefficient (Wildman–Crippen LogP) is 4.10. The largest absolute Gasteiger partial charge is 0.443 e. The van der Waals surface area contributed by atoms with Gasteiger partial charge in [0.25, 0.3) is 0 Å². The Hall–Kier alpha value is -2.49. The maximum absolute atomic E-state index is 12.4. The molecule has 1 unspecified atom stereocenters. The Morgan fingerprint density at radius 3 is 2.62 bits per heavy atom. The van der Waals surface area contributed by atoms with Crippen molar-refractivity contribution in [3.05, 3.63) is 41.0 Å². The van der Waals surface area contributed by atoms with Gasteiger partial charge >= 0.3 is 5.97 Å². The van der Waals surface area contributed by atoms with Crippen molar-refractivity contribution in [2.75, 3.05) is 0 Å². The summed E-state index contributed by atoms with van der Waals surface area (Å²) in [4.78, 5) is 12.4. The van der Waals surface area contributed by atoms with Gasteiger partial charge in [0.2, 0.25) is 0 Å². The number of benzene rings is 1. The zero-order valence-electron chi connectivity index (χ0n) is 15.8. The van der Waals surface area contributed by atoms with Crippen LogP contribution in [0.15, 0.2) is 29.8 Å². The van der Waals surface area contributed by atoms with Crippen LogP contribution in [0.1, 0.15) is 57.6 Å². The van der Waals surface area contributed by atoms with Crippen LogP contribution in [-0.2, 0) is 16.1 Å². The van der Waals surface area contributed by atoms with Crippen molar-refractivity contribution in [1.82, 2.24) is 0 Å². The van der Waals surface area contributed by atoms with E-state index in [9.17, 15) is 9.90 Å². The van der Waals surface area contributed by atoms with Crippen LogP contribution in [0.3, 0.4) is 0 Å². The summed E-state index contributed by atoms with van der Waals surface area (Å²) in [6, 6.07) is 7.56. The fraction of sp³-hybridized carbons (Fsp3) is 0.435. The monoisotopic (exact) mass is 350 g/mol. The van der Waals surface area contributed by atoms with Crippen LogP contribution in [0.4, 0.5) is 0 Å². The van der Waals surface area contributed by atoms with E-state index in [1.165, 1.54) is 0 Å². The molecule has 0 heterocycles. The molecule has 1 N–H and O–H groups in total. The third-order valence-electron chi connectivity index (χ3n) is 3.98. The molecular formula is C23H26O3. The number of esters is 1. The van der Waals surface area contributed by atoms with Gasteiger partial charge in [0, 0.05) is 12.8 Å².